The Labute approximate surface area is 87.1 Å². The van der Waals surface area contributed by atoms with E-state index in [1.165, 1.54) is 26.2 Å². The third-order valence-electron chi connectivity index (χ3n) is 2.01. The molecular weight excluding hydrogens is 198 g/mol. The highest BCUT2D eigenvalue weighted by Crippen LogP contribution is 2.13. The first-order chi connectivity index (χ1) is 6.93. The number of carbonyl (C=O) groups excluding carboxylic acids is 1. The average molecular weight is 211 g/mol. The van der Waals surface area contributed by atoms with E-state index in [0.717, 1.165) is 0 Å². The van der Waals surface area contributed by atoms with Crippen LogP contribution < -0.4 is 5.32 Å². The number of amides is 1. The van der Waals surface area contributed by atoms with Gasteiger partial charge in [-0.3, -0.25) is 9.59 Å². The molecule has 1 rings (SSSR count). The van der Waals surface area contributed by atoms with Gasteiger partial charge in [-0.2, -0.15) is 0 Å². The summed E-state index contributed by atoms with van der Waals surface area (Å²) in [7, 11) is 0. The van der Waals surface area contributed by atoms with Crippen molar-refractivity contribution in [2.75, 3.05) is 6.54 Å². The van der Waals surface area contributed by atoms with Crippen molar-refractivity contribution >= 4 is 11.9 Å². The van der Waals surface area contributed by atoms with Gasteiger partial charge in [0.15, 0.2) is 5.76 Å². The molecule has 0 fully saturated rings. The highest BCUT2D eigenvalue weighted by atomic mass is 16.4. The molecule has 0 bridgehead atoms. The lowest BCUT2D eigenvalue weighted by Crippen LogP contribution is -2.38. The van der Waals surface area contributed by atoms with Gasteiger partial charge in [0.05, 0.1) is 11.7 Å². The Kier molecular flexibility index (Phi) is 3.14. The Bertz CT molecular complexity index is 354. The number of hydrogen-bond donors (Lipinski definition) is 2. The van der Waals surface area contributed by atoms with Crippen LogP contribution in [0.3, 0.4) is 0 Å². The second-order valence-corrected chi connectivity index (χ2v) is 3.85. The van der Waals surface area contributed by atoms with Gasteiger partial charge < -0.3 is 14.8 Å². The second-order valence-electron chi connectivity index (χ2n) is 3.85. The highest BCUT2D eigenvalue weighted by Gasteiger charge is 2.27. The average Bonchev–Trinajstić information content (AvgIpc) is 2.66. The van der Waals surface area contributed by atoms with Crippen LogP contribution in [0.4, 0.5) is 0 Å². The van der Waals surface area contributed by atoms with Gasteiger partial charge in [-0.15, -0.1) is 0 Å². The van der Waals surface area contributed by atoms with E-state index in [1.54, 1.807) is 6.07 Å². The summed E-state index contributed by atoms with van der Waals surface area (Å²) in [6.45, 7) is 3.14. The molecule has 0 unspecified atom stereocenters. The first-order valence-electron chi connectivity index (χ1n) is 4.48. The van der Waals surface area contributed by atoms with Gasteiger partial charge >= 0.3 is 5.97 Å². The molecule has 1 amide bonds. The predicted octanol–water partition coefficient (Wildman–Crippen LogP) is 1.12. The topological polar surface area (TPSA) is 79.5 Å². The van der Waals surface area contributed by atoms with Crippen LogP contribution in [0.1, 0.15) is 24.4 Å². The smallest absolute Gasteiger partial charge is 0.310 e. The van der Waals surface area contributed by atoms with E-state index in [1.807, 2.05) is 0 Å². The first-order valence-corrected chi connectivity index (χ1v) is 4.48. The minimum atomic E-state index is -0.984. The van der Waals surface area contributed by atoms with Crippen molar-refractivity contribution in [1.82, 2.24) is 5.32 Å². The number of furan rings is 1. The molecule has 1 aromatic heterocycles. The van der Waals surface area contributed by atoms with Crippen LogP contribution in [0.15, 0.2) is 22.8 Å². The van der Waals surface area contributed by atoms with Crippen LogP contribution in [0.2, 0.25) is 0 Å². The van der Waals surface area contributed by atoms with Crippen molar-refractivity contribution in [2.45, 2.75) is 13.8 Å². The Hall–Kier alpha value is -1.78. The molecule has 15 heavy (non-hydrogen) atoms. The van der Waals surface area contributed by atoms with Crippen LogP contribution in [0, 0.1) is 5.41 Å². The fraction of sp³-hybridized carbons (Fsp3) is 0.400. The minimum absolute atomic E-state index is 0.0574. The summed E-state index contributed by atoms with van der Waals surface area (Å²) in [4.78, 5) is 22.1. The molecule has 0 spiro atoms. The van der Waals surface area contributed by atoms with Crippen LogP contribution in [0.25, 0.3) is 0 Å². The summed E-state index contributed by atoms with van der Waals surface area (Å²) < 4.78 is 4.86. The van der Waals surface area contributed by atoms with Crippen LogP contribution in [-0.2, 0) is 4.79 Å². The van der Waals surface area contributed by atoms with Crippen LogP contribution in [-0.4, -0.2) is 23.5 Å². The maximum absolute atomic E-state index is 11.4. The molecule has 5 heteroatoms. The van der Waals surface area contributed by atoms with Crippen molar-refractivity contribution in [1.29, 1.82) is 0 Å². The van der Waals surface area contributed by atoms with Crippen molar-refractivity contribution in [3.05, 3.63) is 24.2 Å². The quantitative estimate of drug-likeness (QED) is 0.782. The summed E-state index contributed by atoms with van der Waals surface area (Å²) in [6, 6.07) is 3.11. The summed E-state index contributed by atoms with van der Waals surface area (Å²) in [6.07, 6.45) is 1.39. The number of rotatable bonds is 4. The van der Waals surface area contributed by atoms with Gasteiger partial charge in [0.25, 0.3) is 5.91 Å². The third-order valence-corrected chi connectivity index (χ3v) is 2.01. The largest absolute Gasteiger partial charge is 0.481 e. The Morgan fingerprint density at radius 3 is 2.67 bits per heavy atom. The first kappa shape index (κ1) is 11.3. The van der Waals surface area contributed by atoms with Gasteiger partial charge in [-0.05, 0) is 26.0 Å². The van der Waals surface area contributed by atoms with Gasteiger partial charge in [0.2, 0.25) is 0 Å². The second kappa shape index (κ2) is 4.16. The van der Waals surface area contributed by atoms with E-state index in [2.05, 4.69) is 5.32 Å². The number of hydrogen-bond acceptors (Lipinski definition) is 3. The molecule has 0 saturated heterocycles. The minimum Gasteiger partial charge on any atom is -0.481 e. The summed E-state index contributed by atoms with van der Waals surface area (Å²) in [5.41, 5.74) is -0.984. The zero-order valence-corrected chi connectivity index (χ0v) is 8.61. The Morgan fingerprint density at radius 1 is 1.53 bits per heavy atom. The van der Waals surface area contributed by atoms with Crippen molar-refractivity contribution in [3.63, 3.8) is 0 Å². The third kappa shape index (κ3) is 2.83. The molecule has 1 heterocycles. The summed E-state index contributed by atoms with van der Waals surface area (Å²) in [5.74, 6) is -1.19. The van der Waals surface area contributed by atoms with Gasteiger partial charge in [-0.1, -0.05) is 0 Å². The summed E-state index contributed by atoms with van der Waals surface area (Å²) in [5, 5.41) is 11.3. The van der Waals surface area contributed by atoms with E-state index in [9.17, 15) is 9.59 Å². The maximum Gasteiger partial charge on any atom is 0.310 e. The fourth-order valence-electron chi connectivity index (χ4n) is 0.872. The van der Waals surface area contributed by atoms with E-state index in [4.69, 9.17) is 9.52 Å². The molecule has 0 aromatic carbocycles. The number of carboxylic acids is 1. The van der Waals surface area contributed by atoms with Crippen molar-refractivity contribution in [2.24, 2.45) is 5.41 Å². The molecule has 0 radical (unpaired) electrons. The van der Waals surface area contributed by atoms with Crippen molar-refractivity contribution < 1.29 is 19.1 Å². The van der Waals surface area contributed by atoms with E-state index < -0.39 is 17.3 Å². The lowest BCUT2D eigenvalue weighted by Gasteiger charge is -2.18. The van der Waals surface area contributed by atoms with Gasteiger partial charge in [0, 0.05) is 6.54 Å². The highest BCUT2D eigenvalue weighted by molar-refractivity contribution is 5.91. The zero-order chi connectivity index (χ0) is 11.5. The van der Waals surface area contributed by atoms with E-state index >= 15 is 0 Å². The summed E-state index contributed by atoms with van der Waals surface area (Å²) >= 11 is 0. The lowest BCUT2D eigenvalue weighted by atomic mass is 9.94. The Balaban J connectivity index is 2.51. The normalized spacial score (nSPS) is 11.1. The predicted molar refractivity (Wildman–Crippen MR) is 52.5 cm³/mol. The lowest BCUT2D eigenvalue weighted by molar-refractivity contribution is -0.146. The molecule has 0 aliphatic carbocycles. The molecule has 1 aromatic rings. The molecule has 5 nitrogen and oxygen atoms in total. The molecule has 0 aliphatic heterocycles. The van der Waals surface area contributed by atoms with E-state index in [-0.39, 0.29) is 12.3 Å². The Morgan fingerprint density at radius 2 is 2.20 bits per heavy atom. The number of carbonyl (C=O) groups is 2. The monoisotopic (exact) mass is 211 g/mol. The standard InChI is InChI=1S/C10H13NO4/c1-10(2,9(13)14)6-11-8(12)7-4-3-5-15-7/h3-5H,6H2,1-2H3,(H,11,12)(H,13,14). The molecular formula is C10H13NO4. The molecule has 0 atom stereocenters. The zero-order valence-electron chi connectivity index (χ0n) is 8.61. The molecule has 82 valence electrons. The fourth-order valence-corrected chi connectivity index (χ4v) is 0.872. The number of aliphatic carboxylic acids is 1. The maximum atomic E-state index is 11.4. The van der Waals surface area contributed by atoms with Gasteiger partial charge in [0.1, 0.15) is 0 Å². The number of carboxylic acid groups (broad SMARTS) is 1. The SMILES string of the molecule is CC(C)(CNC(=O)c1ccco1)C(=O)O. The van der Waals surface area contributed by atoms with E-state index in [0.29, 0.717) is 0 Å². The van der Waals surface area contributed by atoms with Crippen LogP contribution >= 0.6 is 0 Å². The molecule has 2 N–H and O–H groups in total. The van der Waals surface area contributed by atoms with Crippen molar-refractivity contribution in [3.8, 4) is 0 Å². The van der Waals surface area contributed by atoms with Crippen LogP contribution in [0.5, 0.6) is 0 Å². The number of nitrogens with one attached hydrogen (secondary N) is 1. The molecule has 0 aliphatic rings. The van der Waals surface area contributed by atoms with Gasteiger partial charge in [-0.25, -0.2) is 0 Å². The molecule has 0 saturated carbocycles.